The highest BCUT2D eigenvalue weighted by Crippen LogP contribution is 2.45. The molecule has 272 valence electrons. The molecule has 1 aromatic carbocycles. The molecule has 3 N–H and O–H groups in total. The van der Waals surface area contributed by atoms with Crippen LogP contribution in [-0.2, 0) is 36.2 Å². The summed E-state index contributed by atoms with van der Waals surface area (Å²) >= 11 is 1.45. The average Bonchev–Trinajstić information content (AvgIpc) is 3.97. The number of fused-ring (bicyclic) bond motifs is 5. The summed E-state index contributed by atoms with van der Waals surface area (Å²) in [7, 11) is -3.85. The highest BCUT2D eigenvalue weighted by molar-refractivity contribution is 7.91. The second-order valence-corrected chi connectivity index (χ2v) is 18.3. The third-order valence-corrected chi connectivity index (χ3v) is 13.4. The zero-order valence-electron chi connectivity index (χ0n) is 29.5. The summed E-state index contributed by atoms with van der Waals surface area (Å²) in [6.45, 7) is 12.2. The van der Waals surface area contributed by atoms with Gasteiger partial charge in [0.05, 0.1) is 17.5 Å². The van der Waals surface area contributed by atoms with Crippen LogP contribution in [0.15, 0.2) is 48.5 Å². The van der Waals surface area contributed by atoms with Gasteiger partial charge in [0.2, 0.25) is 27.7 Å². The number of hydrogen-bond donors (Lipinski definition) is 3. The topological polar surface area (TPSA) is 160 Å². The number of carbonyl (C=O) groups is 3. The minimum Gasteiger partial charge on any atom is -0.472 e. The maximum atomic E-state index is 14.5. The van der Waals surface area contributed by atoms with E-state index < -0.39 is 56.7 Å². The Morgan fingerprint density at radius 2 is 2.00 bits per heavy atom. The molecule has 2 aliphatic heterocycles. The number of aryl methyl sites for hydroxylation is 1. The van der Waals surface area contributed by atoms with Crippen LogP contribution in [0, 0.1) is 11.8 Å². The van der Waals surface area contributed by atoms with Gasteiger partial charge >= 0.3 is 0 Å². The highest BCUT2D eigenvalue weighted by atomic mass is 32.2. The minimum atomic E-state index is -3.85. The SMILES string of the molecule is C=C[C@H]1CC1(NC(=O)[C@@H]1C[C@@H]2CN1C(=O)[C@H](C(C)C)Nc1nc(cs1)C(C)(C)CCCc1ccc3ccnc(c3c1)O2)C(=O)NS(=O)(=O)C1CC1. The van der Waals surface area contributed by atoms with Crippen molar-refractivity contribution >= 4 is 55.0 Å². The van der Waals surface area contributed by atoms with Gasteiger partial charge in [-0.2, -0.15) is 0 Å². The van der Waals surface area contributed by atoms with Crippen LogP contribution in [0.4, 0.5) is 5.13 Å². The number of rotatable bonds is 7. The first kappa shape index (κ1) is 35.4. The van der Waals surface area contributed by atoms with Crippen molar-refractivity contribution in [1.82, 2.24) is 24.9 Å². The maximum Gasteiger partial charge on any atom is 0.259 e. The second kappa shape index (κ2) is 13.2. The van der Waals surface area contributed by atoms with E-state index in [4.69, 9.17) is 9.72 Å². The van der Waals surface area contributed by atoms with Gasteiger partial charge in [0.15, 0.2) is 5.13 Å². The summed E-state index contributed by atoms with van der Waals surface area (Å²) in [6.07, 6.45) is 6.73. The van der Waals surface area contributed by atoms with E-state index in [-0.39, 0.29) is 36.6 Å². The van der Waals surface area contributed by atoms with Crippen LogP contribution < -0.4 is 20.1 Å². The Hall–Kier alpha value is -4.04. The Balaban J connectivity index is 1.23. The van der Waals surface area contributed by atoms with Crippen molar-refractivity contribution < 1.29 is 27.5 Å². The number of pyridine rings is 1. The van der Waals surface area contributed by atoms with Gasteiger partial charge in [-0.3, -0.25) is 19.1 Å². The van der Waals surface area contributed by atoms with Crippen LogP contribution in [0.25, 0.3) is 10.8 Å². The van der Waals surface area contributed by atoms with Gasteiger partial charge < -0.3 is 20.3 Å². The van der Waals surface area contributed by atoms with Gasteiger partial charge in [-0.15, -0.1) is 17.9 Å². The molecule has 12 nitrogen and oxygen atoms in total. The Morgan fingerprint density at radius 1 is 1.22 bits per heavy atom. The lowest BCUT2D eigenvalue weighted by atomic mass is 9.84. The van der Waals surface area contributed by atoms with E-state index in [0.29, 0.717) is 23.9 Å². The summed E-state index contributed by atoms with van der Waals surface area (Å²) in [4.78, 5) is 53.3. The van der Waals surface area contributed by atoms with Crippen molar-refractivity contribution in [2.45, 2.75) is 107 Å². The van der Waals surface area contributed by atoms with Gasteiger partial charge in [0.25, 0.3) is 5.91 Å². The first-order chi connectivity index (χ1) is 24.2. The van der Waals surface area contributed by atoms with Crippen molar-refractivity contribution in [3.63, 3.8) is 0 Å². The highest BCUT2D eigenvalue weighted by Gasteiger charge is 2.62. The van der Waals surface area contributed by atoms with Gasteiger partial charge in [0, 0.05) is 34.7 Å². The van der Waals surface area contributed by atoms with Crippen LogP contribution in [0.3, 0.4) is 0 Å². The van der Waals surface area contributed by atoms with E-state index in [1.54, 1.807) is 12.3 Å². The number of hydrogen-bond acceptors (Lipinski definition) is 10. The van der Waals surface area contributed by atoms with Crippen molar-refractivity contribution in [3.05, 3.63) is 59.8 Å². The summed E-state index contributed by atoms with van der Waals surface area (Å²) in [5.74, 6) is -1.84. The zero-order valence-corrected chi connectivity index (χ0v) is 31.1. The van der Waals surface area contributed by atoms with Gasteiger partial charge in [-0.1, -0.05) is 45.9 Å². The van der Waals surface area contributed by atoms with Gasteiger partial charge in [-0.05, 0) is 67.5 Å². The predicted octanol–water partition coefficient (Wildman–Crippen LogP) is 4.46. The number of nitrogens with zero attached hydrogens (tertiary/aromatic N) is 3. The molecule has 1 saturated heterocycles. The molecule has 6 bridgehead atoms. The van der Waals surface area contributed by atoms with E-state index in [9.17, 15) is 22.8 Å². The average molecular weight is 735 g/mol. The Labute approximate surface area is 302 Å². The fourth-order valence-electron chi connectivity index (χ4n) is 7.33. The third-order valence-electron chi connectivity index (χ3n) is 10.8. The molecule has 2 aliphatic carbocycles. The lowest BCUT2D eigenvalue weighted by Crippen LogP contribution is -2.58. The number of benzene rings is 1. The number of amides is 3. The van der Waals surface area contributed by atoms with Crippen LogP contribution in [0.2, 0.25) is 0 Å². The number of carbonyl (C=O) groups excluding carboxylic acids is 3. The van der Waals surface area contributed by atoms with E-state index in [1.165, 1.54) is 16.2 Å². The minimum absolute atomic E-state index is 0.107. The number of ether oxygens (including phenoxy) is 1. The first-order valence-corrected chi connectivity index (χ1v) is 20.2. The van der Waals surface area contributed by atoms with Crippen molar-refractivity contribution in [2.75, 3.05) is 11.9 Å². The van der Waals surface area contributed by atoms with Crippen molar-refractivity contribution in [3.8, 4) is 5.88 Å². The second-order valence-electron chi connectivity index (χ2n) is 15.5. The molecule has 0 spiro atoms. The molecule has 7 rings (SSSR count). The lowest BCUT2D eigenvalue weighted by molar-refractivity contribution is -0.140. The van der Waals surface area contributed by atoms with E-state index in [1.807, 2.05) is 25.3 Å². The van der Waals surface area contributed by atoms with Crippen molar-refractivity contribution in [1.29, 1.82) is 0 Å². The number of aromatic nitrogens is 2. The molecule has 4 aliphatic rings. The van der Waals surface area contributed by atoms with E-state index in [2.05, 4.69) is 59.0 Å². The quantitative estimate of drug-likeness (QED) is 0.298. The Morgan fingerprint density at radius 3 is 2.71 bits per heavy atom. The Bertz CT molecular complexity index is 1990. The number of thiazole rings is 1. The normalized spacial score (nSPS) is 27.6. The first-order valence-electron chi connectivity index (χ1n) is 17.8. The fourth-order valence-corrected chi connectivity index (χ4v) is 9.63. The molecule has 4 heterocycles. The van der Waals surface area contributed by atoms with E-state index >= 15 is 0 Å². The van der Waals surface area contributed by atoms with Gasteiger partial charge in [-0.25, -0.2) is 18.4 Å². The third kappa shape index (κ3) is 6.96. The van der Waals surface area contributed by atoms with Gasteiger partial charge in [0.1, 0.15) is 23.7 Å². The molecule has 0 radical (unpaired) electrons. The molecule has 51 heavy (non-hydrogen) atoms. The molecule has 3 amide bonds. The monoisotopic (exact) mass is 734 g/mol. The van der Waals surface area contributed by atoms with Crippen molar-refractivity contribution in [2.24, 2.45) is 11.8 Å². The maximum absolute atomic E-state index is 14.5. The standard InChI is InChI=1S/C37H46N6O6S2/c1-6-24-18-37(24,34(46)42-51(47,48)26-11-12-26)41-31(44)28-17-25-19-43(28)33(45)30(21(2)3)40-35-39-29(20-50-35)36(4,5)14-7-8-22-9-10-23-13-15-38-32(49-25)27(23)16-22/h6,9-10,13,15-16,20-21,24-26,28,30H,1,7-8,11-12,14,17-19H2,2-5H3,(H,39,40)(H,41,44)(H,42,46)/t24-,25+,28-,30-,37?/m0/s1. The molecule has 1 unspecified atom stereocenters. The smallest absolute Gasteiger partial charge is 0.259 e. The molecule has 2 saturated carbocycles. The molecule has 2 aromatic heterocycles. The fraction of sp³-hybridized carbons (Fsp3) is 0.541. The van der Waals surface area contributed by atoms with Crippen LogP contribution in [-0.4, -0.2) is 76.5 Å². The molecule has 14 heteroatoms. The number of anilines is 1. The zero-order chi connectivity index (χ0) is 36.3. The molecule has 3 fully saturated rings. The molecular formula is C37H46N6O6S2. The number of sulfonamides is 1. The summed E-state index contributed by atoms with van der Waals surface area (Å²) in [5, 5.41) is 10.1. The largest absolute Gasteiger partial charge is 0.472 e. The molecule has 3 aromatic rings. The summed E-state index contributed by atoms with van der Waals surface area (Å²) in [6, 6.07) is 6.52. The van der Waals surface area contributed by atoms with Crippen LogP contribution in [0.1, 0.15) is 77.5 Å². The summed E-state index contributed by atoms with van der Waals surface area (Å²) < 4.78 is 34.1. The van der Waals surface area contributed by atoms with Crippen LogP contribution in [0.5, 0.6) is 5.88 Å². The predicted molar refractivity (Wildman–Crippen MR) is 196 cm³/mol. The Kier molecular flexibility index (Phi) is 9.14. The van der Waals surface area contributed by atoms with E-state index in [0.717, 1.165) is 41.3 Å². The van der Waals surface area contributed by atoms with Crippen LogP contribution >= 0.6 is 11.3 Å². The lowest BCUT2D eigenvalue weighted by Gasteiger charge is -2.31. The summed E-state index contributed by atoms with van der Waals surface area (Å²) in [5.41, 5.74) is 0.445. The molecular weight excluding hydrogens is 689 g/mol. The number of nitrogens with one attached hydrogen (secondary N) is 3. The molecule has 5 atom stereocenters.